The van der Waals surface area contributed by atoms with Crippen LogP contribution in [0.1, 0.15) is 0 Å². The Morgan fingerprint density at radius 2 is 1.37 bits per heavy atom. The Morgan fingerprint density at radius 1 is 1.00 bits per heavy atom. The number of amides is 2. The van der Waals surface area contributed by atoms with E-state index in [1.54, 1.807) is 0 Å². The maximum absolute atomic E-state index is 13.2. The maximum atomic E-state index is 13.2. The highest BCUT2D eigenvalue weighted by Gasteiger charge is 2.39. The van der Waals surface area contributed by atoms with E-state index in [4.69, 9.17) is 0 Å². The van der Waals surface area contributed by atoms with E-state index >= 15 is 0 Å². The number of carbonyl (C=O) groups excluding carboxylic acids is 1. The third kappa shape index (κ3) is 2.36. The molecule has 0 spiro atoms. The average molecular weight is 280 g/mol. The number of nitro groups is 2. The van der Waals surface area contributed by atoms with Crippen molar-refractivity contribution in [3.8, 4) is 0 Å². The van der Waals surface area contributed by atoms with Crippen molar-refractivity contribution in [3.63, 3.8) is 0 Å². The predicted molar refractivity (Wildman–Crippen MR) is 52.8 cm³/mol. The van der Waals surface area contributed by atoms with Gasteiger partial charge in [-0.05, 0) is 0 Å². The first-order valence-corrected chi connectivity index (χ1v) is 4.24. The number of rotatable bonds is 3. The van der Waals surface area contributed by atoms with Crippen molar-refractivity contribution in [2.75, 3.05) is 5.32 Å². The van der Waals surface area contributed by atoms with E-state index in [0.29, 0.717) is 0 Å². The van der Waals surface area contributed by atoms with E-state index in [1.807, 2.05) is 0 Å². The van der Waals surface area contributed by atoms with Gasteiger partial charge < -0.3 is 5.73 Å². The molecule has 0 aliphatic carbocycles. The van der Waals surface area contributed by atoms with Crippen LogP contribution in [-0.4, -0.2) is 15.9 Å². The Hall–Kier alpha value is -2.92. The molecule has 1 aromatic carbocycles. The Labute approximate surface area is 101 Å². The van der Waals surface area contributed by atoms with Crippen molar-refractivity contribution in [1.29, 1.82) is 0 Å². The summed E-state index contributed by atoms with van der Waals surface area (Å²) in [4.78, 5) is 28.5. The molecule has 0 aliphatic rings. The minimum Gasteiger partial charge on any atom is -0.351 e. The molecule has 1 aromatic rings. The van der Waals surface area contributed by atoms with Gasteiger partial charge in [0, 0.05) is 0 Å². The molecule has 0 aromatic heterocycles. The lowest BCUT2D eigenvalue weighted by Gasteiger charge is -2.06. The van der Waals surface area contributed by atoms with Gasteiger partial charge in [0.1, 0.15) is 0 Å². The minimum atomic E-state index is -2.41. The van der Waals surface area contributed by atoms with Gasteiger partial charge in [-0.2, -0.15) is 13.2 Å². The number of nitrogens with two attached hydrogens (primary N) is 1. The summed E-state index contributed by atoms with van der Waals surface area (Å²) in [5, 5.41) is 22.4. The summed E-state index contributed by atoms with van der Waals surface area (Å²) in [6, 6.07) is -1.56. The van der Waals surface area contributed by atoms with Crippen molar-refractivity contribution in [1.82, 2.24) is 0 Å². The summed E-state index contributed by atoms with van der Waals surface area (Å²) in [6.07, 6.45) is 0. The summed E-state index contributed by atoms with van der Waals surface area (Å²) in [7, 11) is 0. The first-order chi connectivity index (χ1) is 8.68. The summed E-state index contributed by atoms with van der Waals surface area (Å²) in [5.74, 6) is -7.00. The molecule has 0 radical (unpaired) electrons. The molecule has 19 heavy (non-hydrogen) atoms. The topological polar surface area (TPSA) is 141 Å². The van der Waals surface area contributed by atoms with Crippen molar-refractivity contribution < 1.29 is 27.8 Å². The number of benzene rings is 1. The number of primary amides is 1. The molecule has 2 amide bonds. The molecule has 102 valence electrons. The quantitative estimate of drug-likeness (QED) is 0.489. The van der Waals surface area contributed by atoms with Gasteiger partial charge in [0.2, 0.25) is 23.1 Å². The third-order valence-electron chi connectivity index (χ3n) is 1.89. The predicted octanol–water partition coefficient (Wildman–Crippen LogP) is 1.41. The number of anilines is 1. The van der Waals surface area contributed by atoms with Crippen LogP contribution in [0.25, 0.3) is 0 Å². The molecular weight excluding hydrogens is 277 g/mol. The van der Waals surface area contributed by atoms with Crippen molar-refractivity contribution in [2.45, 2.75) is 0 Å². The fraction of sp³-hybridized carbons (Fsp3) is 0. The van der Waals surface area contributed by atoms with E-state index in [9.17, 15) is 38.2 Å². The number of hydrogen-bond acceptors (Lipinski definition) is 5. The second-order valence-electron chi connectivity index (χ2n) is 3.02. The lowest BCUT2D eigenvalue weighted by atomic mass is 10.2. The zero-order valence-electron chi connectivity index (χ0n) is 8.65. The van der Waals surface area contributed by atoms with Crippen LogP contribution in [0.2, 0.25) is 0 Å². The van der Waals surface area contributed by atoms with Gasteiger partial charge in [0.05, 0.1) is 9.85 Å². The highest BCUT2D eigenvalue weighted by molar-refractivity contribution is 5.94. The molecule has 0 heterocycles. The van der Waals surface area contributed by atoms with Crippen LogP contribution in [0.5, 0.6) is 0 Å². The van der Waals surface area contributed by atoms with Gasteiger partial charge >= 0.3 is 17.4 Å². The van der Waals surface area contributed by atoms with Crippen LogP contribution in [0.3, 0.4) is 0 Å². The summed E-state index contributed by atoms with van der Waals surface area (Å²) < 4.78 is 39.4. The number of hydrogen-bond donors (Lipinski definition) is 2. The Balaban J connectivity index is 3.84. The Morgan fingerprint density at radius 3 is 1.63 bits per heavy atom. The van der Waals surface area contributed by atoms with Gasteiger partial charge in [0.25, 0.3) is 0 Å². The van der Waals surface area contributed by atoms with Crippen LogP contribution in [-0.2, 0) is 0 Å². The zero-order chi connectivity index (χ0) is 14.9. The van der Waals surface area contributed by atoms with E-state index in [0.717, 1.165) is 0 Å². The lowest BCUT2D eigenvalue weighted by Crippen LogP contribution is -2.22. The van der Waals surface area contributed by atoms with Crippen LogP contribution < -0.4 is 11.1 Å². The molecule has 9 nitrogen and oxygen atoms in total. The van der Waals surface area contributed by atoms with E-state index in [-0.39, 0.29) is 0 Å². The summed E-state index contributed by atoms with van der Waals surface area (Å²) >= 11 is 0. The molecule has 0 unspecified atom stereocenters. The van der Waals surface area contributed by atoms with Crippen LogP contribution in [0.4, 0.5) is 35.0 Å². The number of nitrogens with one attached hydrogen (secondary N) is 1. The number of urea groups is 1. The zero-order valence-corrected chi connectivity index (χ0v) is 8.65. The van der Waals surface area contributed by atoms with Gasteiger partial charge in [0.15, 0.2) is 0 Å². The van der Waals surface area contributed by atoms with E-state index < -0.39 is 50.4 Å². The van der Waals surface area contributed by atoms with Gasteiger partial charge in [-0.15, -0.1) is 0 Å². The molecule has 0 fully saturated rings. The fourth-order valence-corrected chi connectivity index (χ4v) is 1.22. The van der Waals surface area contributed by atoms with Crippen molar-refractivity contribution in [3.05, 3.63) is 37.7 Å². The molecule has 3 N–H and O–H groups in total. The lowest BCUT2D eigenvalue weighted by molar-refractivity contribution is -0.396. The second kappa shape index (κ2) is 4.75. The first kappa shape index (κ1) is 14.1. The van der Waals surface area contributed by atoms with Gasteiger partial charge in [-0.1, -0.05) is 0 Å². The van der Waals surface area contributed by atoms with Gasteiger partial charge in [-0.3, -0.25) is 25.5 Å². The minimum absolute atomic E-state index is 1.32. The largest absolute Gasteiger partial charge is 0.351 e. The number of halogens is 3. The fourth-order valence-electron chi connectivity index (χ4n) is 1.22. The van der Waals surface area contributed by atoms with Crippen LogP contribution >= 0.6 is 0 Å². The Bertz CT molecular complexity index is 564. The average Bonchev–Trinajstić information content (AvgIpc) is 2.24. The smallest absolute Gasteiger partial charge is 0.338 e. The molecule has 0 saturated heterocycles. The van der Waals surface area contributed by atoms with E-state index in [2.05, 4.69) is 5.73 Å². The standard InChI is InChI=1S/C7H3F3N4O5/c8-1-2(9)5(13(16)17)4(12-7(11)15)6(3(1)10)14(18)19/h(H3,11,12,15). The highest BCUT2D eigenvalue weighted by atomic mass is 19.2. The monoisotopic (exact) mass is 280 g/mol. The number of nitro benzene ring substituents is 2. The molecule has 1 rings (SSSR count). The number of carbonyl (C=O) groups is 1. The molecule has 0 aliphatic heterocycles. The van der Waals surface area contributed by atoms with Crippen molar-refractivity contribution in [2.24, 2.45) is 5.73 Å². The Kier molecular flexibility index (Phi) is 3.54. The molecular formula is C7H3F3N4O5. The summed E-state index contributed by atoms with van der Waals surface area (Å²) in [6.45, 7) is 0. The SMILES string of the molecule is NC(=O)Nc1c([N+](=O)[O-])c(F)c(F)c(F)c1[N+](=O)[O-]. The normalized spacial score (nSPS) is 10.1. The van der Waals surface area contributed by atoms with Crippen molar-refractivity contribution >= 4 is 23.1 Å². The third-order valence-corrected chi connectivity index (χ3v) is 1.89. The van der Waals surface area contributed by atoms with Gasteiger partial charge in [-0.25, -0.2) is 4.79 Å². The van der Waals surface area contributed by atoms with E-state index in [1.165, 1.54) is 5.32 Å². The van der Waals surface area contributed by atoms with Crippen LogP contribution in [0, 0.1) is 37.7 Å². The number of nitrogens with zero attached hydrogens (tertiary/aromatic N) is 2. The molecule has 0 atom stereocenters. The van der Waals surface area contributed by atoms with Crippen LogP contribution in [0.15, 0.2) is 0 Å². The molecule has 0 bridgehead atoms. The highest BCUT2D eigenvalue weighted by Crippen LogP contribution is 2.40. The molecule has 12 heteroatoms. The molecule has 0 saturated carbocycles. The first-order valence-electron chi connectivity index (χ1n) is 4.24. The maximum Gasteiger partial charge on any atom is 0.338 e. The summed E-state index contributed by atoms with van der Waals surface area (Å²) in [5.41, 5.74) is -0.509. The second-order valence-corrected chi connectivity index (χ2v) is 3.02.